The van der Waals surface area contributed by atoms with Crippen LogP contribution < -0.4 is 0 Å². The summed E-state index contributed by atoms with van der Waals surface area (Å²) in [4.78, 5) is 37.4. The monoisotopic (exact) mass is 677 g/mol. The lowest BCUT2D eigenvalue weighted by Gasteiger charge is -2.45. The SMILES string of the molecule is O=C(OCC1CN(C(=O)O)CCC1(OC(=O)OCC(Cl)(Cl)Cl)c1ccc(Br)cc1)OCC(Cl)(Cl)Cl. The maximum Gasteiger partial charge on any atom is 0.509 e. The van der Waals surface area contributed by atoms with Crippen molar-refractivity contribution in [2.45, 2.75) is 19.6 Å². The quantitative estimate of drug-likeness (QED) is 0.261. The van der Waals surface area contributed by atoms with E-state index in [1.165, 1.54) is 0 Å². The molecule has 1 aliphatic heterocycles. The van der Waals surface area contributed by atoms with Crippen LogP contribution in [-0.2, 0) is 24.5 Å². The van der Waals surface area contributed by atoms with E-state index < -0.39 is 57.3 Å². The maximum absolute atomic E-state index is 12.6. The van der Waals surface area contributed by atoms with Crippen LogP contribution in [0.1, 0.15) is 12.0 Å². The summed E-state index contributed by atoms with van der Waals surface area (Å²) in [5.41, 5.74) is -0.993. The van der Waals surface area contributed by atoms with Crippen LogP contribution in [0.4, 0.5) is 14.4 Å². The van der Waals surface area contributed by atoms with E-state index in [-0.39, 0.29) is 19.5 Å². The third kappa shape index (κ3) is 9.91. The van der Waals surface area contributed by atoms with Gasteiger partial charge in [0.2, 0.25) is 7.59 Å². The number of benzene rings is 1. The van der Waals surface area contributed by atoms with Gasteiger partial charge in [-0.05, 0) is 17.7 Å². The number of likely N-dealkylation sites (tertiary alicyclic amines) is 1. The van der Waals surface area contributed by atoms with Crippen molar-refractivity contribution < 1.29 is 38.4 Å². The Morgan fingerprint density at radius 3 is 2.03 bits per heavy atom. The zero-order valence-corrected chi connectivity index (χ0v) is 23.6. The minimum Gasteiger partial charge on any atom is -0.465 e. The maximum atomic E-state index is 12.6. The molecule has 0 spiro atoms. The molecule has 1 amide bonds. The molecule has 196 valence electrons. The van der Waals surface area contributed by atoms with Crippen molar-refractivity contribution in [2.75, 3.05) is 32.9 Å². The van der Waals surface area contributed by atoms with Crippen LogP contribution in [-0.4, -0.2) is 68.9 Å². The van der Waals surface area contributed by atoms with Gasteiger partial charge in [-0.15, -0.1) is 0 Å². The number of hydrogen-bond acceptors (Lipinski definition) is 7. The average molecular weight is 681 g/mol. The van der Waals surface area contributed by atoms with Crippen molar-refractivity contribution in [1.82, 2.24) is 4.90 Å². The molecule has 0 aromatic heterocycles. The molecule has 1 fully saturated rings. The Kier molecular flexibility index (Phi) is 11.0. The van der Waals surface area contributed by atoms with E-state index in [1.54, 1.807) is 24.3 Å². The number of alkyl halides is 6. The molecule has 0 saturated carbocycles. The van der Waals surface area contributed by atoms with Gasteiger partial charge in [0, 0.05) is 24.0 Å². The molecule has 0 bridgehead atoms. The number of carboxylic acid groups (broad SMARTS) is 1. The molecule has 1 aromatic rings. The Morgan fingerprint density at radius 1 is 0.971 bits per heavy atom. The fourth-order valence-electron chi connectivity index (χ4n) is 3.35. The second kappa shape index (κ2) is 12.7. The Morgan fingerprint density at radius 2 is 1.51 bits per heavy atom. The van der Waals surface area contributed by atoms with Crippen LogP contribution in [0.3, 0.4) is 0 Å². The van der Waals surface area contributed by atoms with Gasteiger partial charge in [-0.3, -0.25) is 0 Å². The second-order valence-corrected chi connectivity index (χ2v) is 13.2. The number of hydrogen-bond donors (Lipinski definition) is 1. The largest absolute Gasteiger partial charge is 0.509 e. The van der Waals surface area contributed by atoms with Gasteiger partial charge in [0.25, 0.3) is 0 Å². The van der Waals surface area contributed by atoms with Crippen molar-refractivity contribution in [3.05, 3.63) is 34.3 Å². The molecule has 16 heteroatoms. The lowest BCUT2D eigenvalue weighted by atomic mass is 9.76. The minimum absolute atomic E-state index is 0.00102. The van der Waals surface area contributed by atoms with E-state index in [2.05, 4.69) is 15.9 Å². The smallest absolute Gasteiger partial charge is 0.465 e. The number of rotatable bonds is 6. The highest BCUT2D eigenvalue weighted by molar-refractivity contribution is 9.10. The van der Waals surface area contributed by atoms with Crippen LogP contribution in [0, 0.1) is 5.92 Å². The average Bonchev–Trinajstić information content (AvgIpc) is 2.74. The molecule has 1 N–H and O–H groups in total. The van der Waals surface area contributed by atoms with Crippen LogP contribution >= 0.6 is 85.5 Å². The number of carbonyl (C=O) groups excluding carboxylic acids is 2. The topological polar surface area (TPSA) is 112 Å². The molecule has 2 atom stereocenters. The third-order valence-electron chi connectivity index (χ3n) is 4.83. The van der Waals surface area contributed by atoms with Gasteiger partial charge in [-0.1, -0.05) is 97.7 Å². The van der Waals surface area contributed by atoms with E-state index in [9.17, 15) is 19.5 Å². The van der Waals surface area contributed by atoms with E-state index in [0.29, 0.717) is 5.56 Å². The fourth-order valence-corrected chi connectivity index (χ4v) is 3.94. The van der Waals surface area contributed by atoms with Gasteiger partial charge in [-0.2, -0.15) is 0 Å². The summed E-state index contributed by atoms with van der Waals surface area (Å²) in [5, 5.41) is 9.51. The van der Waals surface area contributed by atoms with Gasteiger partial charge < -0.3 is 29.0 Å². The number of halogens is 7. The summed E-state index contributed by atoms with van der Waals surface area (Å²) in [7, 11) is 0. The predicted molar refractivity (Wildman–Crippen MR) is 134 cm³/mol. The Balaban J connectivity index is 2.34. The molecule has 2 rings (SSSR count). The first kappa shape index (κ1) is 30.5. The van der Waals surface area contributed by atoms with Crippen LogP contribution in [0.5, 0.6) is 0 Å². The van der Waals surface area contributed by atoms with E-state index in [4.69, 9.17) is 88.6 Å². The Bertz CT molecular complexity index is 910. The molecule has 1 heterocycles. The summed E-state index contributed by atoms with van der Waals surface area (Å²) < 4.78 is 17.5. The first-order valence-corrected chi connectivity index (χ1v) is 12.7. The molecular formula is C19H18BrCl6NO8. The van der Waals surface area contributed by atoms with E-state index >= 15 is 0 Å². The molecule has 0 aliphatic carbocycles. The number of ether oxygens (including phenoxy) is 4. The van der Waals surface area contributed by atoms with E-state index in [0.717, 1.165) is 9.37 Å². The Labute approximate surface area is 238 Å². The summed E-state index contributed by atoms with van der Waals surface area (Å²) in [5.74, 6) is -0.894. The molecule has 1 aliphatic rings. The van der Waals surface area contributed by atoms with Crippen molar-refractivity contribution in [3.63, 3.8) is 0 Å². The molecule has 1 aromatic carbocycles. The third-order valence-corrected chi connectivity index (χ3v) is 6.02. The van der Waals surface area contributed by atoms with Crippen LogP contribution in [0.25, 0.3) is 0 Å². The Hall–Kier alpha value is -0.750. The van der Waals surface area contributed by atoms with Gasteiger partial charge in [0.15, 0.2) is 5.60 Å². The highest BCUT2D eigenvalue weighted by Crippen LogP contribution is 2.42. The number of nitrogens with zero attached hydrogens (tertiary/aromatic N) is 1. The molecule has 35 heavy (non-hydrogen) atoms. The number of piperidine rings is 1. The zero-order chi connectivity index (χ0) is 26.4. The molecule has 1 saturated heterocycles. The summed E-state index contributed by atoms with van der Waals surface area (Å²) in [6.07, 6.45) is -3.56. The molecular weight excluding hydrogens is 663 g/mol. The normalized spacial score (nSPS) is 20.7. The molecule has 0 radical (unpaired) electrons. The fraction of sp³-hybridized carbons (Fsp3) is 0.526. The van der Waals surface area contributed by atoms with Crippen LogP contribution in [0.15, 0.2) is 28.7 Å². The molecule has 9 nitrogen and oxygen atoms in total. The van der Waals surface area contributed by atoms with Gasteiger partial charge in [0.1, 0.15) is 19.8 Å². The summed E-state index contributed by atoms with van der Waals surface area (Å²) in [6.45, 7) is -1.77. The second-order valence-electron chi connectivity index (χ2n) is 7.29. The predicted octanol–water partition coefficient (Wildman–Crippen LogP) is 6.69. The summed E-state index contributed by atoms with van der Waals surface area (Å²) in [6, 6.07) is 6.72. The van der Waals surface area contributed by atoms with Gasteiger partial charge >= 0.3 is 18.4 Å². The van der Waals surface area contributed by atoms with Crippen LogP contribution in [0.2, 0.25) is 0 Å². The molecule has 2 unspecified atom stereocenters. The minimum atomic E-state index is -1.88. The lowest BCUT2D eigenvalue weighted by molar-refractivity contribution is -0.118. The first-order valence-electron chi connectivity index (χ1n) is 9.64. The zero-order valence-electron chi connectivity index (χ0n) is 17.5. The highest BCUT2D eigenvalue weighted by atomic mass is 79.9. The van der Waals surface area contributed by atoms with Gasteiger partial charge in [-0.25, -0.2) is 14.4 Å². The van der Waals surface area contributed by atoms with Crippen molar-refractivity contribution in [2.24, 2.45) is 5.92 Å². The lowest BCUT2D eigenvalue weighted by Crippen LogP contribution is -2.55. The number of amides is 1. The first-order chi connectivity index (χ1) is 16.1. The van der Waals surface area contributed by atoms with Crippen molar-refractivity contribution in [1.29, 1.82) is 0 Å². The number of carbonyl (C=O) groups is 3. The van der Waals surface area contributed by atoms with Crippen molar-refractivity contribution in [3.8, 4) is 0 Å². The van der Waals surface area contributed by atoms with E-state index in [1.807, 2.05) is 0 Å². The summed E-state index contributed by atoms with van der Waals surface area (Å²) >= 11 is 36.9. The standard InChI is InChI=1S/C19H18BrCl6NO8/c20-13-3-1-11(2-4-13)17(35-16(31)34-10-19(24,25)26)5-6-27(14(28)29)7-12(17)8-32-15(30)33-9-18(21,22)23/h1-4,12H,5-10H2,(H,28,29). The van der Waals surface area contributed by atoms with Crippen molar-refractivity contribution >= 4 is 104 Å². The van der Waals surface area contributed by atoms with Gasteiger partial charge in [0.05, 0.1) is 5.92 Å². The highest BCUT2D eigenvalue weighted by Gasteiger charge is 2.50.